The lowest BCUT2D eigenvalue weighted by molar-refractivity contribution is -0.122. The summed E-state index contributed by atoms with van der Waals surface area (Å²) in [6.07, 6.45) is 1.32. The molecule has 2 aromatic carbocycles. The van der Waals surface area contributed by atoms with Gasteiger partial charge < -0.3 is 19.9 Å². The summed E-state index contributed by atoms with van der Waals surface area (Å²) in [6, 6.07) is 11.1. The van der Waals surface area contributed by atoms with E-state index in [1.807, 2.05) is 0 Å². The maximum absolute atomic E-state index is 14.0. The maximum atomic E-state index is 14.0. The van der Waals surface area contributed by atoms with Crippen LogP contribution in [0.25, 0.3) is 0 Å². The molecule has 2 aliphatic heterocycles. The Balaban J connectivity index is 1.47. The molecule has 2 aromatic rings. The number of anilines is 3. The first-order valence-corrected chi connectivity index (χ1v) is 9.82. The third-order valence-electron chi connectivity index (χ3n) is 5.45. The highest BCUT2D eigenvalue weighted by atomic mass is 19.1. The zero-order chi connectivity index (χ0) is 21.3. The van der Waals surface area contributed by atoms with Crippen molar-refractivity contribution in [2.45, 2.75) is 19.3 Å². The number of nitrogens with one attached hydrogen (secondary N) is 1. The summed E-state index contributed by atoms with van der Waals surface area (Å²) in [5, 5.41) is 2.80. The molecule has 0 unspecified atom stereocenters. The van der Waals surface area contributed by atoms with Crippen molar-refractivity contribution >= 4 is 34.8 Å². The summed E-state index contributed by atoms with van der Waals surface area (Å²) in [7, 11) is 1.51. The third-order valence-corrected chi connectivity index (χ3v) is 5.45. The number of nitrogens with zero attached hydrogens (tertiary/aromatic N) is 2. The van der Waals surface area contributed by atoms with Crippen LogP contribution in [0, 0.1) is 11.7 Å². The molecule has 1 N–H and O–H groups in total. The predicted octanol–water partition coefficient (Wildman–Crippen LogP) is 2.95. The number of benzene rings is 2. The van der Waals surface area contributed by atoms with E-state index in [0.717, 1.165) is 6.42 Å². The predicted molar refractivity (Wildman–Crippen MR) is 110 cm³/mol. The standard InChI is InChI=1S/C22H22FN3O4/c1-30-19-12-15(8-9-18(19)25-10-4-7-20(25)27)24-22(29)14-11-21(28)26(13-14)17-6-3-2-5-16(17)23/h2-3,5-6,8-9,12,14H,4,7,10-11,13H2,1H3,(H,24,29)/t14-/m0/s1. The molecule has 2 aliphatic rings. The Kier molecular flexibility index (Phi) is 5.39. The van der Waals surface area contributed by atoms with E-state index in [4.69, 9.17) is 4.74 Å². The van der Waals surface area contributed by atoms with Crippen LogP contribution in [0.1, 0.15) is 19.3 Å². The van der Waals surface area contributed by atoms with E-state index in [1.54, 1.807) is 35.2 Å². The Morgan fingerprint density at radius 1 is 1.10 bits per heavy atom. The number of carbonyl (C=O) groups is 3. The van der Waals surface area contributed by atoms with E-state index in [-0.39, 0.29) is 36.4 Å². The summed E-state index contributed by atoms with van der Waals surface area (Å²) in [5.41, 5.74) is 1.35. The summed E-state index contributed by atoms with van der Waals surface area (Å²) in [5.74, 6) is -1.18. The summed E-state index contributed by atoms with van der Waals surface area (Å²) >= 11 is 0. The van der Waals surface area contributed by atoms with E-state index in [1.165, 1.54) is 24.1 Å². The van der Waals surface area contributed by atoms with Crippen LogP contribution in [0.3, 0.4) is 0 Å². The minimum Gasteiger partial charge on any atom is -0.494 e. The van der Waals surface area contributed by atoms with E-state index in [9.17, 15) is 18.8 Å². The number of para-hydroxylation sites is 1. The highest BCUT2D eigenvalue weighted by Crippen LogP contribution is 2.34. The lowest BCUT2D eigenvalue weighted by Gasteiger charge is -2.20. The molecule has 2 heterocycles. The normalized spacial score (nSPS) is 18.8. The number of halogens is 1. The molecular formula is C22H22FN3O4. The Labute approximate surface area is 173 Å². The van der Waals surface area contributed by atoms with Gasteiger partial charge in [0.25, 0.3) is 0 Å². The molecule has 4 rings (SSSR count). The van der Waals surface area contributed by atoms with Gasteiger partial charge in [0.2, 0.25) is 17.7 Å². The number of rotatable bonds is 5. The van der Waals surface area contributed by atoms with E-state index in [2.05, 4.69) is 5.32 Å². The third kappa shape index (κ3) is 3.72. The Morgan fingerprint density at radius 2 is 1.90 bits per heavy atom. The zero-order valence-electron chi connectivity index (χ0n) is 16.6. The second kappa shape index (κ2) is 8.14. The van der Waals surface area contributed by atoms with Gasteiger partial charge in [0.05, 0.1) is 24.4 Å². The molecule has 7 nitrogen and oxygen atoms in total. The topological polar surface area (TPSA) is 79.0 Å². The molecule has 8 heteroatoms. The molecule has 3 amide bonds. The quantitative estimate of drug-likeness (QED) is 0.821. The molecule has 30 heavy (non-hydrogen) atoms. The van der Waals surface area contributed by atoms with Crippen molar-refractivity contribution in [1.29, 1.82) is 0 Å². The van der Waals surface area contributed by atoms with Crippen LogP contribution in [-0.2, 0) is 14.4 Å². The number of methoxy groups -OCH3 is 1. The molecule has 0 aromatic heterocycles. The van der Waals surface area contributed by atoms with Crippen LogP contribution in [0.4, 0.5) is 21.5 Å². The number of ether oxygens (including phenoxy) is 1. The first-order chi connectivity index (χ1) is 14.5. The van der Waals surface area contributed by atoms with Crippen LogP contribution in [0.5, 0.6) is 5.75 Å². The first kappa shape index (κ1) is 19.9. The van der Waals surface area contributed by atoms with Gasteiger partial charge in [-0.3, -0.25) is 14.4 Å². The van der Waals surface area contributed by atoms with E-state index >= 15 is 0 Å². The molecule has 156 valence electrons. The van der Waals surface area contributed by atoms with Gasteiger partial charge in [-0.2, -0.15) is 0 Å². The van der Waals surface area contributed by atoms with Gasteiger partial charge in [0, 0.05) is 37.7 Å². The van der Waals surface area contributed by atoms with Crippen molar-refractivity contribution in [1.82, 2.24) is 0 Å². The van der Waals surface area contributed by atoms with E-state index in [0.29, 0.717) is 30.1 Å². The van der Waals surface area contributed by atoms with Gasteiger partial charge in [-0.25, -0.2) is 4.39 Å². The van der Waals surface area contributed by atoms with E-state index < -0.39 is 11.7 Å². The lowest BCUT2D eigenvalue weighted by atomic mass is 10.1. The highest BCUT2D eigenvalue weighted by Gasteiger charge is 2.36. The molecule has 1 atom stereocenters. The molecule has 0 bridgehead atoms. The zero-order valence-corrected chi connectivity index (χ0v) is 16.6. The Hall–Kier alpha value is -3.42. The van der Waals surface area contributed by atoms with Gasteiger partial charge in [0.1, 0.15) is 11.6 Å². The second-order valence-corrected chi connectivity index (χ2v) is 7.38. The van der Waals surface area contributed by atoms with Crippen molar-refractivity contribution in [3.8, 4) is 5.75 Å². The Bertz CT molecular complexity index is 1010. The molecule has 0 spiro atoms. The average Bonchev–Trinajstić information content (AvgIpc) is 3.34. The van der Waals surface area contributed by atoms with Gasteiger partial charge in [-0.1, -0.05) is 12.1 Å². The van der Waals surface area contributed by atoms with Gasteiger partial charge in [-0.05, 0) is 30.7 Å². The molecule has 2 fully saturated rings. The van der Waals surface area contributed by atoms with Gasteiger partial charge in [0.15, 0.2) is 0 Å². The molecule has 0 aliphatic carbocycles. The highest BCUT2D eigenvalue weighted by molar-refractivity contribution is 6.04. The molecule has 0 radical (unpaired) electrons. The van der Waals surface area contributed by atoms with Crippen LogP contribution in [-0.4, -0.2) is 37.9 Å². The Morgan fingerprint density at radius 3 is 2.60 bits per heavy atom. The van der Waals surface area contributed by atoms with Crippen LogP contribution in [0.15, 0.2) is 42.5 Å². The first-order valence-electron chi connectivity index (χ1n) is 9.82. The molecule has 0 saturated carbocycles. The van der Waals surface area contributed by atoms with Crippen molar-refractivity contribution < 1.29 is 23.5 Å². The summed E-state index contributed by atoms with van der Waals surface area (Å²) in [6.45, 7) is 0.750. The average molecular weight is 411 g/mol. The number of hydrogen-bond donors (Lipinski definition) is 1. The summed E-state index contributed by atoms with van der Waals surface area (Å²) in [4.78, 5) is 40.1. The minimum absolute atomic E-state index is 0.0116. The SMILES string of the molecule is COc1cc(NC(=O)[C@H]2CC(=O)N(c3ccccc3F)C2)ccc1N1CCCC1=O. The van der Waals surface area contributed by atoms with Crippen molar-refractivity contribution in [3.63, 3.8) is 0 Å². The van der Waals surface area contributed by atoms with Crippen molar-refractivity contribution in [2.75, 3.05) is 35.3 Å². The second-order valence-electron chi connectivity index (χ2n) is 7.38. The fourth-order valence-electron chi connectivity index (χ4n) is 3.91. The van der Waals surface area contributed by atoms with Crippen LogP contribution < -0.4 is 19.9 Å². The maximum Gasteiger partial charge on any atom is 0.229 e. The number of amides is 3. The van der Waals surface area contributed by atoms with Gasteiger partial charge in [-0.15, -0.1) is 0 Å². The fraction of sp³-hybridized carbons (Fsp3) is 0.318. The number of carbonyl (C=O) groups excluding carboxylic acids is 3. The van der Waals surface area contributed by atoms with Gasteiger partial charge >= 0.3 is 0 Å². The largest absolute Gasteiger partial charge is 0.494 e. The van der Waals surface area contributed by atoms with Crippen LogP contribution >= 0.6 is 0 Å². The smallest absolute Gasteiger partial charge is 0.229 e. The monoisotopic (exact) mass is 411 g/mol. The van der Waals surface area contributed by atoms with Crippen molar-refractivity contribution in [2.24, 2.45) is 5.92 Å². The fourth-order valence-corrected chi connectivity index (χ4v) is 3.91. The molecular weight excluding hydrogens is 389 g/mol. The summed E-state index contributed by atoms with van der Waals surface area (Å²) < 4.78 is 19.4. The van der Waals surface area contributed by atoms with Crippen molar-refractivity contribution in [3.05, 3.63) is 48.3 Å². The molecule has 2 saturated heterocycles. The number of hydrogen-bond acceptors (Lipinski definition) is 4. The van der Waals surface area contributed by atoms with Crippen LogP contribution in [0.2, 0.25) is 0 Å². The minimum atomic E-state index is -0.595. The lowest BCUT2D eigenvalue weighted by Crippen LogP contribution is -2.28.